The lowest BCUT2D eigenvalue weighted by molar-refractivity contribution is -0.184. The summed E-state index contributed by atoms with van der Waals surface area (Å²) in [6.45, 7) is 7.08. The van der Waals surface area contributed by atoms with Crippen molar-refractivity contribution in [3.05, 3.63) is 0 Å². The molecule has 0 amide bonds. The van der Waals surface area contributed by atoms with Crippen molar-refractivity contribution in [2.75, 3.05) is 19.8 Å². The maximum Gasteiger partial charge on any atom is 0.0958 e. The predicted octanol–water partition coefficient (Wildman–Crippen LogP) is 1.18. The van der Waals surface area contributed by atoms with E-state index in [4.69, 9.17) is 4.74 Å². The summed E-state index contributed by atoms with van der Waals surface area (Å²) in [5.41, 5.74) is -1.33. The molecule has 0 aromatic carbocycles. The Labute approximate surface area is 86.1 Å². The van der Waals surface area contributed by atoms with Crippen molar-refractivity contribution in [3.8, 4) is 0 Å². The molecule has 0 aliphatic carbocycles. The van der Waals surface area contributed by atoms with E-state index >= 15 is 0 Å². The molecule has 1 heterocycles. The van der Waals surface area contributed by atoms with Crippen LogP contribution in [-0.2, 0) is 4.74 Å². The summed E-state index contributed by atoms with van der Waals surface area (Å²) in [6.07, 6.45) is 1.60. The van der Waals surface area contributed by atoms with Gasteiger partial charge >= 0.3 is 0 Å². The second-order valence-electron chi connectivity index (χ2n) is 4.92. The van der Waals surface area contributed by atoms with E-state index in [1.54, 1.807) is 0 Å². The molecule has 1 saturated heterocycles. The fourth-order valence-electron chi connectivity index (χ4n) is 2.10. The van der Waals surface area contributed by atoms with Gasteiger partial charge in [-0.3, -0.25) is 0 Å². The summed E-state index contributed by atoms with van der Waals surface area (Å²) < 4.78 is 5.32. The molecule has 14 heavy (non-hydrogen) atoms. The SMILES string of the molecule is CC(C)C(C)(CO)C1(O)CCCOC1. The highest BCUT2D eigenvalue weighted by Gasteiger charge is 2.49. The number of hydrogen-bond acceptors (Lipinski definition) is 3. The van der Waals surface area contributed by atoms with Gasteiger partial charge in [0.25, 0.3) is 0 Å². The van der Waals surface area contributed by atoms with Crippen LogP contribution in [0.3, 0.4) is 0 Å². The smallest absolute Gasteiger partial charge is 0.0958 e. The lowest BCUT2D eigenvalue weighted by Crippen LogP contribution is -2.56. The zero-order valence-corrected chi connectivity index (χ0v) is 9.42. The number of aliphatic hydroxyl groups excluding tert-OH is 1. The van der Waals surface area contributed by atoms with Crippen molar-refractivity contribution in [1.82, 2.24) is 0 Å². The van der Waals surface area contributed by atoms with Crippen LogP contribution in [0.4, 0.5) is 0 Å². The molecular formula is C11H22O3. The minimum atomic E-state index is -0.867. The molecule has 0 radical (unpaired) electrons. The third kappa shape index (κ3) is 1.81. The Balaban J connectivity index is 2.85. The molecule has 2 atom stereocenters. The van der Waals surface area contributed by atoms with Crippen molar-refractivity contribution in [3.63, 3.8) is 0 Å². The van der Waals surface area contributed by atoms with Crippen molar-refractivity contribution in [1.29, 1.82) is 0 Å². The van der Waals surface area contributed by atoms with E-state index in [1.165, 1.54) is 0 Å². The van der Waals surface area contributed by atoms with Crippen molar-refractivity contribution >= 4 is 0 Å². The average Bonchev–Trinajstić information content (AvgIpc) is 2.17. The average molecular weight is 202 g/mol. The standard InChI is InChI=1S/C11H22O3/c1-9(2)10(3,7-12)11(13)5-4-6-14-8-11/h9,12-13H,4-8H2,1-3H3. The van der Waals surface area contributed by atoms with Crippen molar-refractivity contribution in [2.45, 2.75) is 39.2 Å². The van der Waals surface area contributed by atoms with Crippen LogP contribution in [0.25, 0.3) is 0 Å². The monoisotopic (exact) mass is 202 g/mol. The summed E-state index contributed by atoms with van der Waals surface area (Å²) >= 11 is 0. The van der Waals surface area contributed by atoms with Crippen LogP contribution in [0, 0.1) is 11.3 Å². The minimum absolute atomic E-state index is 0.00449. The van der Waals surface area contributed by atoms with Gasteiger partial charge in [0.15, 0.2) is 0 Å². The Morgan fingerprint density at radius 2 is 2.14 bits per heavy atom. The molecule has 84 valence electrons. The summed E-state index contributed by atoms with van der Waals surface area (Å²) in [5, 5.41) is 19.9. The van der Waals surface area contributed by atoms with E-state index in [0.717, 1.165) is 19.4 Å². The van der Waals surface area contributed by atoms with Crippen LogP contribution in [0.1, 0.15) is 33.6 Å². The van der Waals surface area contributed by atoms with Crippen LogP contribution in [0.2, 0.25) is 0 Å². The van der Waals surface area contributed by atoms with Crippen molar-refractivity contribution in [2.24, 2.45) is 11.3 Å². The molecule has 1 aliphatic heterocycles. The maximum absolute atomic E-state index is 10.5. The molecule has 0 saturated carbocycles. The summed E-state index contributed by atoms with van der Waals surface area (Å²) in [4.78, 5) is 0. The van der Waals surface area contributed by atoms with Crippen LogP contribution >= 0.6 is 0 Å². The van der Waals surface area contributed by atoms with Gasteiger partial charge in [0, 0.05) is 12.0 Å². The Morgan fingerprint density at radius 1 is 1.50 bits per heavy atom. The molecule has 0 bridgehead atoms. The van der Waals surface area contributed by atoms with Gasteiger partial charge in [-0.2, -0.15) is 0 Å². The van der Waals surface area contributed by atoms with Gasteiger partial charge < -0.3 is 14.9 Å². The van der Waals surface area contributed by atoms with Gasteiger partial charge in [-0.15, -0.1) is 0 Å². The Kier molecular flexibility index (Phi) is 3.56. The molecule has 1 fully saturated rings. The van der Waals surface area contributed by atoms with Crippen LogP contribution < -0.4 is 0 Å². The molecule has 0 aromatic rings. The highest BCUT2D eigenvalue weighted by atomic mass is 16.5. The summed E-state index contributed by atoms with van der Waals surface area (Å²) in [5.74, 6) is 0.235. The number of aliphatic hydroxyl groups is 2. The predicted molar refractivity (Wildman–Crippen MR) is 55.0 cm³/mol. The van der Waals surface area contributed by atoms with Crippen LogP contribution in [0.15, 0.2) is 0 Å². The van der Waals surface area contributed by atoms with Gasteiger partial charge in [-0.25, -0.2) is 0 Å². The molecule has 2 unspecified atom stereocenters. The van der Waals surface area contributed by atoms with Crippen LogP contribution in [-0.4, -0.2) is 35.6 Å². The zero-order chi connectivity index (χ0) is 10.8. The second-order valence-corrected chi connectivity index (χ2v) is 4.92. The highest BCUT2D eigenvalue weighted by Crippen LogP contribution is 2.42. The van der Waals surface area contributed by atoms with Crippen molar-refractivity contribution < 1.29 is 14.9 Å². The first kappa shape index (κ1) is 12.0. The number of rotatable bonds is 3. The molecular weight excluding hydrogens is 180 g/mol. The van der Waals surface area contributed by atoms with E-state index < -0.39 is 11.0 Å². The normalized spacial score (nSPS) is 33.0. The summed E-state index contributed by atoms with van der Waals surface area (Å²) in [7, 11) is 0. The molecule has 1 aliphatic rings. The van der Waals surface area contributed by atoms with E-state index in [1.807, 2.05) is 20.8 Å². The molecule has 0 aromatic heterocycles. The first-order chi connectivity index (χ1) is 6.46. The first-order valence-electron chi connectivity index (χ1n) is 5.37. The van der Waals surface area contributed by atoms with Gasteiger partial charge in [0.2, 0.25) is 0 Å². The number of ether oxygens (including phenoxy) is 1. The molecule has 3 heteroatoms. The van der Waals surface area contributed by atoms with E-state index in [-0.39, 0.29) is 12.5 Å². The topological polar surface area (TPSA) is 49.7 Å². The van der Waals surface area contributed by atoms with E-state index in [2.05, 4.69) is 0 Å². The molecule has 2 N–H and O–H groups in total. The Hall–Kier alpha value is -0.120. The minimum Gasteiger partial charge on any atom is -0.396 e. The van der Waals surface area contributed by atoms with Gasteiger partial charge in [0.05, 0.1) is 18.8 Å². The lowest BCUT2D eigenvalue weighted by Gasteiger charge is -2.48. The third-order valence-electron chi connectivity index (χ3n) is 3.89. The fraction of sp³-hybridized carbons (Fsp3) is 1.00. The largest absolute Gasteiger partial charge is 0.396 e. The quantitative estimate of drug-likeness (QED) is 0.722. The highest BCUT2D eigenvalue weighted by molar-refractivity contribution is 4.98. The number of hydrogen-bond donors (Lipinski definition) is 2. The van der Waals surface area contributed by atoms with Crippen LogP contribution in [0.5, 0.6) is 0 Å². The molecule has 1 rings (SSSR count). The second kappa shape index (κ2) is 4.17. The molecule has 0 spiro atoms. The zero-order valence-electron chi connectivity index (χ0n) is 9.42. The molecule has 3 nitrogen and oxygen atoms in total. The Morgan fingerprint density at radius 3 is 2.50 bits per heavy atom. The van der Waals surface area contributed by atoms with Gasteiger partial charge in [-0.05, 0) is 18.8 Å². The van der Waals surface area contributed by atoms with Gasteiger partial charge in [-0.1, -0.05) is 20.8 Å². The maximum atomic E-state index is 10.5. The van der Waals surface area contributed by atoms with Gasteiger partial charge in [0.1, 0.15) is 0 Å². The fourth-order valence-corrected chi connectivity index (χ4v) is 2.10. The first-order valence-corrected chi connectivity index (χ1v) is 5.37. The lowest BCUT2D eigenvalue weighted by atomic mass is 9.64. The van der Waals surface area contributed by atoms with E-state index in [9.17, 15) is 10.2 Å². The summed E-state index contributed by atoms with van der Waals surface area (Å²) in [6, 6.07) is 0. The third-order valence-corrected chi connectivity index (χ3v) is 3.89. The Bertz CT molecular complexity index is 185. The van der Waals surface area contributed by atoms with E-state index in [0.29, 0.717) is 6.61 Å².